The Labute approximate surface area is 152 Å². The Hall–Kier alpha value is -2.61. The van der Waals surface area contributed by atoms with Crippen LogP contribution in [0.15, 0.2) is 30.3 Å². The summed E-state index contributed by atoms with van der Waals surface area (Å²) in [6.07, 6.45) is -1.76. The molecule has 3 unspecified atom stereocenters. The van der Waals surface area contributed by atoms with E-state index in [4.69, 9.17) is 15.6 Å². The summed E-state index contributed by atoms with van der Waals surface area (Å²) in [5.41, 5.74) is 6.44. The number of rotatable bonds is 6. The Morgan fingerprint density at radius 1 is 1.31 bits per heavy atom. The number of nitrogens with zero attached hydrogens (tertiary/aromatic N) is 1. The van der Waals surface area contributed by atoms with Gasteiger partial charge in [-0.1, -0.05) is 32.0 Å². The van der Waals surface area contributed by atoms with E-state index < -0.39 is 24.5 Å². The predicted octanol–water partition coefficient (Wildman–Crippen LogP) is 1.41. The van der Waals surface area contributed by atoms with E-state index in [0.717, 1.165) is 0 Å². The molecule has 0 radical (unpaired) electrons. The third kappa shape index (κ3) is 5.19. The van der Waals surface area contributed by atoms with Gasteiger partial charge in [0.15, 0.2) is 6.23 Å². The van der Waals surface area contributed by atoms with E-state index in [1.807, 2.05) is 13.8 Å². The fourth-order valence-corrected chi connectivity index (χ4v) is 3.04. The van der Waals surface area contributed by atoms with Crippen molar-refractivity contribution >= 4 is 18.0 Å². The molecule has 1 saturated heterocycles. The molecule has 26 heavy (non-hydrogen) atoms. The summed E-state index contributed by atoms with van der Waals surface area (Å²) in [6.45, 7) is 4.05. The van der Waals surface area contributed by atoms with Gasteiger partial charge in [0.2, 0.25) is 5.91 Å². The molecule has 1 aromatic carbocycles. The van der Waals surface area contributed by atoms with Gasteiger partial charge < -0.3 is 25.8 Å². The molecule has 2 amide bonds. The Kier molecular flexibility index (Phi) is 6.57. The molecule has 8 heteroatoms. The van der Waals surface area contributed by atoms with Gasteiger partial charge in [-0.15, -0.1) is 0 Å². The van der Waals surface area contributed by atoms with Crippen molar-refractivity contribution in [1.29, 1.82) is 0 Å². The van der Waals surface area contributed by atoms with Crippen LogP contribution >= 0.6 is 0 Å². The zero-order valence-corrected chi connectivity index (χ0v) is 14.9. The van der Waals surface area contributed by atoms with Gasteiger partial charge in [-0.05, 0) is 24.5 Å². The average molecular weight is 363 g/mol. The summed E-state index contributed by atoms with van der Waals surface area (Å²) >= 11 is 0. The summed E-state index contributed by atoms with van der Waals surface area (Å²) in [6, 6.07) is 7.51. The number of carbonyl (C=O) groups is 3. The van der Waals surface area contributed by atoms with E-state index in [-0.39, 0.29) is 30.7 Å². The maximum atomic E-state index is 12.6. The maximum absolute atomic E-state index is 12.6. The second kappa shape index (κ2) is 8.66. The summed E-state index contributed by atoms with van der Waals surface area (Å²) in [5, 5.41) is 11.7. The van der Waals surface area contributed by atoms with Crippen LogP contribution < -0.4 is 11.1 Å². The number of nitrogens with one attached hydrogen (secondary N) is 1. The number of hydrogen-bond donors (Lipinski definition) is 3. The smallest absolute Gasteiger partial charge is 0.450 e. The maximum Gasteiger partial charge on any atom is 0.507 e. The predicted molar refractivity (Wildman–Crippen MR) is 94.4 cm³/mol. The molecule has 0 aromatic heterocycles. The highest BCUT2D eigenvalue weighted by Gasteiger charge is 2.40. The highest BCUT2D eigenvalue weighted by Crippen LogP contribution is 2.22. The van der Waals surface area contributed by atoms with Gasteiger partial charge in [-0.3, -0.25) is 9.59 Å². The SMILES string of the molecule is CC(C)CC(N)C(=O)N1CC(NC(=O)c2ccccc2)CC1OC(=O)O. The van der Waals surface area contributed by atoms with Gasteiger partial charge in [0, 0.05) is 18.5 Å². The number of amides is 2. The molecular formula is C18H25N3O5. The van der Waals surface area contributed by atoms with Crippen molar-refractivity contribution in [3.05, 3.63) is 35.9 Å². The van der Waals surface area contributed by atoms with Gasteiger partial charge in [0.25, 0.3) is 5.91 Å². The standard InChI is InChI=1S/C18H25N3O5/c1-11(2)8-14(19)17(23)21-10-13(9-15(21)26-18(24)25)20-16(22)12-6-4-3-5-7-12/h3-7,11,13-15H,8-10,19H2,1-2H3,(H,20,22)(H,24,25). The molecule has 4 N–H and O–H groups in total. The third-order valence-corrected chi connectivity index (χ3v) is 4.18. The molecule has 1 aliphatic heterocycles. The lowest BCUT2D eigenvalue weighted by Gasteiger charge is -2.26. The summed E-state index contributed by atoms with van der Waals surface area (Å²) in [7, 11) is 0. The van der Waals surface area contributed by atoms with E-state index in [2.05, 4.69) is 5.32 Å². The minimum atomic E-state index is -1.47. The van der Waals surface area contributed by atoms with Gasteiger partial charge >= 0.3 is 6.16 Å². The normalized spacial score (nSPS) is 20.7. The first-order valence-electron chi connectivity index (χ1n) is 8.59. The van der Waals surface area contributed by atoms with Crippen LogP contribution in [0, 0.1) is 5.92 Å². The van der Waals surface area contributed by atoms with Crippen molar-refractivity contribution in [1.82, 2.24) is 10.2 Å². The van der Waals surface area contributed by atoms with Crippen LogP contribution in [0.25, 0.3) is 0 Å². The Balaban J connectivity index is 2.06. The van der Waals surface area contributed by atoms with Crippen LogP contribution in [0.5, 0.6) is 0 Å². The Bertz CT molecular complexity index is 649. The molecule has 1 heterocycles. The Morgan fingerprint density at radius 2 is 1.96 bits per heavy atom. The van der Waals surface area contributed by atoms with Crippen molar-refractivity contribution in [2.24, 2.45) is 11.7 Å². The van der Waals surface area contributed by atoms with Crippen LogP contribution in [0.2, 0.25) is 0 Å². The van der Waals surface area contributed by atoms with Crippen LogP contribution in [0.1, 0.15) is 37.0 Å². The van der Waals surface area contributed by atoms with Crippen molar-refractivity contribution in [2.75, 3.05) is 6.54 Å². The van der Waals surface area contributed by atoms with Crippen molar-refractivity contribution in [3.8, 4) is 0 Å². The van der Waals surface area contributed by atoms with Crippen molar-refractivity contribution in [3.63, 3.8) is 0 Å². The van der Waals surface area contributed by atoms with E-state index in [1.54, 1.807) is 30.3 Å². The summed E-state index contributed by atoms with van der Waals surface area (Å²) < 4.78 is 4.83. The van der Waals surface area contributed by atoms with E-state index in [0.29, 0.717) is 12.0 Å². The lowest BCUT2D eigenvalue weighted by molar-refractivity contribution is -0.140. The highest BCUT2D eigenvalue weighted by atomic mass is 16.7. The lowest BCUT2D eigenvalue weighted by atomic mass is 10.0. The molecule has 3 atom stereocenters. The lowest BCUT2D eigenvalue weighted by Crippen LogP contribution is -2.48. The summed E-state index contributed by atoms with van der Waals surface area (Å²) in [5.74, 6) is -0.434. The fourth-order valence-electron chi connectivity index (χ4n) is 3.04. The van der Waals surface area contributed by atoms with Gasteiger partial charge in [-0.2, -0.15) is 0 Å². The molecule has 0 saturated carbocycles. The first-order chi connectivity index (χ1) is 12.3. The quantitative estimate of drug-likeness (QED) is 0.657. The largest absolute Gasteiger partial charge is 0.507 e. The molecule has 0 aliphatic carbocycles. The second-order valence-electron chi connectivity index (χ2n) is 6.84. The molecule has 0 bridgehead atoms. The first kappa shape index (κ1) is 19.7. The zero-order valence-electron chi connectivity index (χ0n) is 14.9. The van der Waals surface area contributed by atoms with Gasteiger partial charge in [0.05, 0.1) is 12.1 Å². The van der Waals surface area contributed by atoms with E-state index in [1.165, 1.54) is 4.90 Å². The number of nitrogens with two attached hydrogens (primary N) is 1. The van der Waals surface area contributed by atoms with Crippen LogP contribution in [0.3, 0.4) is 0 Å². The topological polar surface area (TPSA) is 122 Å². The van der Waals surface area contributed by atoms with Crippen LogP contribution in [0.4, 0.5) is 4.79 Å². The molecule has 8 nitrogen and oxygen atoms in total. The summed E-state index contributed by atoms with van der Waals surface area (Å²) in [4.78, 5) is 37.1. The number of benzene rings is 1. The van der Waals surface area contributed by atoms with Crippen LogP contribution in [-0.4, -0.2) is 52.8 Å². The molecule has 1 aromatic rings. The van der Waals surface area contributed by atoms with Crippen LogP contribution in [-0.2, 0) is 9.53 Å². The minimum absolute atomic E-state index is 0.154. The van der Waals surface area contributed by atoms with E-state index >= 15 is 0 Å². The Morgan fingerprint density at radius 3 is 2.54 bits per heavy atom. The number of hydrogen-bond acceptors (Lipinski definition) is 5. The minimum Gasteiger partial charge on any atom is -0.450 e. The van der Waals surface area contributed by atoms with Gasteiger partial charge in [0.1, 0.15) is 0 Å². The average Bonchev–Trinajstić information content (AvgIpc) is 2.95. The zero-order chi connectivity index (χ0) is 19.3. The number of likely N-dealkylation sites (tertiary alicyclic amines) is 1. The molecule has 142 valence electrons. The first-order valence-corrected chi connectivity index (χ1v) is 8.59. The number of ether oxygens (including phenoxy) is 1. The second-order valence-corrected chi connectivity index (χ2v) is 6.84. The number of carbonyl (C=O) groups excluding carboxylic acids is 2. The van der Waals surface area contributed by atoms with E-state index in [9.17, 15) is 14.4 Å². The molecule has 0 spiro atoms. The third-order valence-electron chi connectivity index (χ3n) is 4.18. The fraction of sp³-hybridized carbons (Fsp3) is 0.500. The molecular weight excluding hydrogens is 338 g/mol. The van der Waals surface area contributed by atoms with Gasteiger partial charge in [-0.25, -0.2) is 4.79 Å². The molecule has 2 rings (SSSR count). The molecule has 1 aliphatic rings. The van der Waals surface area contributed by atoms with Crippen molar-refractivity contribution < 1.29 is 24.2 Å². The highest BCUT2D eigenvalue weighted by molar-refractivity contribution is 5.94. The monoisotopic (exact) mass is 363 g/mol. The van der Waals surface area contributed by atoms with Crippen molar-refractivity contribution in [2.45, 2.75) is 45.0 Å². The number of carboxylic acid groups (broad SMARTS) is 1. The molecule has 1 fully saturated rings.